The number of rotatable bonds is 3. The third-order valence-corrected chi connectivity index (χ3v) is 3.96. The van der Waals surface area contributed by atoms with Gasteiger partial charge in [-0.1, -0.05) is 0 Å². The Hall–Kier alpha value is -1.75. The van der Waals surface area contributed by atoms with Gasteiger partial charge in [-0.05, 0) is 45.0 Å². The van der Waals surface area contributed by atoms with Gasteiger partial charge in [-0.15, -0.1) is 0 Å². The number of nitrogens with zero attached hydrogens (tertiary/aromatic N) is 4. The van der Waals surface area contributed by atoms with Crippen molar-refractivity contribution in [2.24, 2.45) is 0 Å². The highest BCUT2D eigenvalue weighted by atomic mass is 16.1. The Bertz CT molecular complexity index is 637. The molecule has 0 N–H and O–H groups in total. The lowest BCUT2D eigenvalue weighted by molar-refractivity contribution is 0.285. The van der Waals surface area contributed by atoms with Gasteiger partial charge in [0, 0.05) is 18.8 Å². The fraction of sp³-hybridized carbons (Fsp3) is 0.500. The molecule has 100 valence electrons. The van der Waals surface area contributed by atoms with Crippen LogP contribution in [0.5, 0.6) is 0 Å². The Morgan fingerprint density at radius 1 is 1.42 bits per heavy atom. The molecule has 1 saturated heterocycles. The molecule has 19 heavy (non-hydrogen) atoms. The number of fused-ring (bicyclic) bond motifs is 1. The van der Waals surface area contributed by atoms with Crippen molar-refractivity contribution >= 4 is 11.0 Å². The highest BCUT2D eigenvalue weighted by molar-refractivity contribution is 5.71. The Morgan fingerprint density at radius 3 is 3.11 bits per heavy atom. The molecule has 1 fully saturated rings. The van der Waals surface area contributed by atoms with Gasteiger partial charge in [-0.25, -0.2) is 9.97 Å². The van der Waals surface area contributed by atoms with E-state index in [1.54, 1.807) is 23.2 Å². The van der Waals surface area contributed by atoms with Crippen LogP contribution in [0.2, 0.25) is 0 Å². The van der Waals surface area contributed by atoms with E-state index in [4.69, 9.17) is 0 Å². The molecular weight excluding hydrogens is 240 g/mol. The van der Waals surface area contributed by atoms with Crippen LogP contribution in [0.25, 0.3) is 11.0 Å². The van der Waals surface area contributed by atoms with Gasteiger partial charge in [0.2, 0.25) is 0 Å². The number of likely N-dealkylation sites (tertiary alicyclic amines) is 1. The molecule has 5 nitrogen and oxygen atoms in total. The Morgan fingerprint density at radius 2 is 2.32 bits per heavy atom. The second-order valence-corrected chi connectivity index (χ2v) is 5.18. The van der Waals surface area contributed by atoms with Crippen molar-refractivity contribution in [3.05, 3.63) is 35.0 Å². The smallest absolute Gasteiger partial charge is 0.279 e. The minimum atomic E-state index is -0.0359. The van der Waals surface area contributed by atoms with E-state index in [1.807, 2.05) is 6.07 Å². The van der Waals surface area contributed by atoms with Crippen LogP contribution in [0.15, 0.2) is 29.5 Å². The molecule has 1 aliphatic rings. The molecule has 1 unspecified atom stereocenters. The average Bonchev–Trinajstić information content (AvgIpc) is 2.84. The van der Waals surface area contributed by atoms with Crippen LogP contribution in [0.1, 0.15) is 19.3 Å². The summed E-state index contributed by atoms with van der Waals surface area (Å²) >= 11 is 0. The van der Waals surface area contributed by atoms with Crippen LogP contribution >= 0.6 is 0 Å². The van der Waals surface area contributed by atoms with E-state index in [0.717, 1.165) is 13.0 Å². The zero-order chi connectivity index (χ0) is 13.2. The van der Waals surface area contributed by atoms with Crippen LogP contribution in [0.3, 0.4) is 0 Å². The van der Waals surface area contributed by atoms with Gasteiger partial charge in [-0.3, -0.25) is 9.36 Å². The molecular formula is C14H18N4O. The van der Waals surface area contributed by atoms with Crippen molar-refractivity contribution in [1.29, 1.82) is 0 Å². The molecule has 2 aromatic rings. The summed E-state index contributed by atoms with van der Waals surface area (Å²) in [5.74, 6) is 0. The fourth-order valence-electron chi connectivity index (χ4n) is 2.78. The van der Waals surface area contributed by atoms with Gasteiger partial charge in [0.25, 0.3) is 5.56 Å². The van der Waals surface area contributed by atoms with Crippen LogP contribution in [0.4, 0.5) is 0 Å². The van der Waals surface area contributed by atoms with E-state index in [2.05, 4.69) is 21.9 Å². The van der Waals surface area contributed by atoms with Gasteiger partial charge < -0.3 is 4.90 Å². The number of hydrogen-bond acceptors (Lipinski definition) is 4. The first-order valence-corrected chi connectivity index (χ1v) is 6.76. The summed E-state index contributed by atoms with van der Waals surface area (Å²) < 4.78 is 1.68. The van der Waals surface area contributed by atoms with Gasteiger partial charge in [0.15, 0.2) is 5.52 Å². The van der Waals surface area contributed by atoms with E-state index >= 15 is 0 Å². The van der Waals surface area contributed by atoms with E-state index in [9.17, 15) is 4.79 Å². The lowest BCUT2D eigenvalue weighted by Gasteiger charge is -2.19. The summed E-state index contributed by atoms with van der Waals surface area (Å²) in [6.45, 7) is 1.88. The van der Waals surface area contributed by atoms with E-state index in [1.165, 1.54) is 12.8 Å². The molecule has 0 aromatic carbocycles. The highest BCUT2D eigenvalue weighted by Crippen LogP contribution is 2.18. The highest BCUT2D eigenvalue weighted by Gasteiger charge is 2.20. The van der Waals surface area contributed by atoms with Crippen LogP contribution in [-0.2, 0) is 6.54 Å². The number of aromatic nitrogens is 3. The molecule has 0 amide bonds. The predicted molar refractivity (Wildman–Crippen MR) is 74.1 cm³/mol. The van der Waals surface area contributed by atoms with E-state index in [-0.39, 0.29) is 5.56 Å². The van der Waals surface area contributed by atoms with Crippen LogP contribution in [-0.4, -0.2) is 39.1 Å². The summed E-state index contributed by atoms with van der Waals surface area (Å²) in [7, 11) is 2.15. The summed E-state index contributed by atoms with van der Waals surface area (Å²) in [5, 5.41) is 0. The van der Waals surface area contributed by atoms with Crippen molar-refractivity contribution < 1.29 is 0 Å². The minimum Gasteiger partial charge on any atom is -0.303 e. The topological polar surface area (TPSA) is 51.0 Å². The molecule has 0 bridgehead atoms. The lowest BCUT2D eigenvalue weighted by atomic mass is 10.1. The quantitative estimate of drug-likeness (QED) is 0.832. The van der Waals surface area contributed by atoms with Crippen molar-refractivity contribution in [3.63, 3.8) is 0 Å². The minimum absolute atomic E-state index is 0.0359. The predicted octanol–water partition coefficient (Wildman–Crippen LogP) is 1.28. The zero-order valence-corrected chi connectivity index (χ0v) is 11.1. The maximum absolute atomic E-state index is 12.3. The molecule has 0 saturated carbocycles. The molecule has 0 radical (unpaired) electrons. The van der Waals surface area contributed by atoms with Gasteiger partial charge in [0.1, 0.15) is 0 Å². The van der Waals surface area contributed by atoms with Gasteiger partial charge >= 0.3 is 0 Å². The molecule has 0 spiro atoms. The second-order valence-electron chi connectivity index (χ2n) is 5.18. The molecule has 1 aliphatic heterocycles. The summed E-state index contributed by atoms with van der Waals surface area (Å²) in [5.41, 5.74) is 1.10. The summed E-state index contributed by atoms with van der Waals surface area (Å²) in [4.78, 5) is 23.1. The van der Waals surface area contributed by atoms with Crippen molar-refractivity contribution in [2.45, 2.75) is 31.8 Å². The second kappa shape index (κ2) is 5.09. The maximum Gasteiger partial charge on any atom is 0.279 e. The third-order valence-electron chi connectivity index (χ3n) is 3.96. The Balaban J connectivity index is 1.81. The van der Waals surface area contributed by atoms with Crippen molar-refractivity contribution in [3.8, 4) is 0 Å². The van der Waals surface area contributed by atoms with E-state index in [0.29, 0.717) is 23.6 Å². The standard InChI is InChI=1S/C14H18N4O/c1-17-8-3-4-11(17)6-9-18-10-16-12-5-2-7-15-13(12)14(18)19/h2,5,7,10-11H,3-4,6,8-9H2,1H3. The Labute approximate surface area is 111 Å². The van der Waals surface area contributed by atoms with E-state index < -0.39 is 0 Å². The molecule has 0 aliphatic carbocycles. The van der Waals surface area contributed by atoms with Crippen LogP contribution < -0.4 is 5.56 Å². The van der Waals surface area contributed by atoms with Gasteiger partial charge in [-0.2, -0.15) is 0 Å². The average molecular weight is 258 g/mol. The summed E-state index contributed by atoms with van der Waals surface area (Å²) in [6, 6.07) is 4.21. The molecule has 2 aromatic heterocycles. The first kappa shape index (κ1) is 12.3. The fourth-order valence-corrected chi connectivity index (χ4v) is 2.78. The first-order chi connectivity index (χ1) is 9.25. The van der Waals surface area contributed by atoms with Crippen molar-refractivity contribution in [1.82, 2.24) is 19.4 Å². The SMILES string of the molecule is CN1CCCC1CCn1cnc2cccnc2c1=O. The molecule has 3 heterocycles. The zero-order valence-electron chi connectivity index (χ0n) is 11.1. The molecule has 5 heteroatoms. The summed E-state index contributed by atoms with van der Waals surface area (Å²) in [6.07, 6.45) is 6.76. The number of pyridine rings is 1. The van der Waals surface area contributed by atoms with Crippen LogP contribution in [0, 0.1) is 0 Å². The monoisotopic (exact) mass is 258 g/mol. The first-order valence-electron chi connectivity index (χ1n) is 6.76. The normalized spacial score (nSPS) is 20.2. The number of aryl methyl sites for hydroxylation is 1. The van der Waals surface area contributed by atoms with Gasteiger partial charge in [0.05, 0.1) is 11.8 Å². The Kier molecular flexibility index (Phi) is 3.29. The maximum atomic E-state index is 12.3. The number of hydrogen-bond donors (Lipinski definition) is 0. The van der Waals surface area contributed by atoms with Crippen molar-refractivity contribution in [2.75, 3.05) is 13.6 Å². The molecule has 1 atom stereocenters. The largest absolute Gasteiger partial charge is 0.303 e. The third kappa shape index (κ3) is 2.38. The lowest BCUT2D eigenvalue weighted by Crippen LogP contribution is -2.29. The molecule has 3 rings (SSSR count).